The molecule has 138 valence electrons. The van der Waals surface area contributed by atoms with Gasteiger partial charge in [0.15, 0.2) is 0 Å². The highest BCUT2D eigenvalue weighted by molar-refractivity contribution is 5.79. The van der Waals surface area contributed by atoms with Crippen molar-refractivity contribution in [3.05, 3.63) is 29.8 Å². The van der Waals surface area contributed by atoms with Gasteiger partial charge in [0.2, 0.25) is 5.91 Å². The van der Waals surface area contributed by atoms with Gasteiger partial charge in [-0.25, -0.2) is 0 Å². The molecule has 1 aromatic carbocycles. The third kappa shape index (κ3) is 5.19. The molecule has 1 N–H and O–H groups in total. The van der Waals surface area contributed by atoms with E-state index in [9.17, 15) is 14.7 Å². The van der Waals surface area contributed by atoms with Gasteiger partial charge in [-0.05, 0) is 43.9 Å². The Bertz CT molecular complexity index is 599. The average Bonchev–Trinajstić information content (AvgIpc) is 2.59. The first-order valence-electron chi connectivity index (χ1n) is 8.66. The number of aliphatic carboxylic acids is 1. The molecule has 1 saturated heterocycles. The first kappa shape index (κ1) is 19.2. The Balaban J connectivity index is 1.81. The second-order valence-corrected chi connectivity index (χ2v) is 6.71. The molecule has 0 bridgehead atoms. The van der Waals surface area contributed by atoms with Crippen LogP contribution in [0.2, 0.25) is 0 Å². The first-order valence-corrected chi connectivity index (χ1v) is 8.66. The number of carbonyl (C=O) groups is 2. The van der Waals surface area contributed by atoms with Crippen molar-refractivity contribution in [2.75, 3.05) is 33.4 Å². The van der Waals surface area contributed by atoms with Gasteiger partial charge in [-0.1, -0.05) is 12.1 Å². The minimum Gasteiger partial charge on any atom is -0.494 e. The summed E-state index contributed by atoms with van der Waals surface area (Å²) in [5.74, 6) is -0.112. The van der Waals surface area contributed by atoms with E-state index < -0.39 is 11.4 Å². The Morgan fingerprint density at radius 2 is 2.16 bits per heavy atom. The van der Waals surface area contributed by atoms with Gasteiger partial charge in [-0.3, -0.25) is 9.59 Å². The van der Waals surface area contributed by atoms with Crippen LogP contribution in [-0.4, -0.2) is 55.3 Å². The summed E-state index contributed by atoms with van der Waals surface area (Å²) >= 11 is 0. The number of rotatable bonds is 8. The molecule has 1 aliphatic heterocycles. The maximum Gasteiger partial charge on any atom is 0.313 e. The fraction of sp³-hybridized carbons (Fsp3) is 0.579. The predicted octanol–water partition coefficient (Wildman–Crippen LogP) is 2.49. The molecule has 0 radical (unpaired) electrons. The molecule has 0 aromatic heterocycles. The van der Waals surface area contributed by atoms with Gasteiger partial charge in [0.05, 0.1) is 13.2 Å². The molecule has 1 atom stereocenters. The van der Waals surface area contributed by atoms with Gasteiger partial charge >= 0.3 is 5.97 Å². The number of methoxy groups -OCH3 is 1. The van der Waals surface area contributed by atoms with Crippen LogP contribution in [0.1, 0.15) is 31.2 Å². The van der Waals surface area contributed by atoms with Crippen molar-refractivity contribution < 1.29 is 24.2 Å². The van der Waals surface area contributed by atoms with Crippen molar-refractivity contribution >= 4 is 11.9 Å². The van der Waals surface area contributed by atoms with Crippen molar-refractivity contribution in [1.82, 2.24) is 4.90 Å². The zero-order chi connectivity index (χ0) is 18.3. The number of amides is 1. The number of carbonyl (C=O) groups excluding carboxylic acids is 1. The van der Waals surface area contributed by atoms with Crippen LogP contribution in [0, 0.1) is 12.3 Å². The predicted molar refractivity (Wildman–Crippen MR) is 93.7 cm³/mol. The molecule has 1 aromatic rings. The van der Waals surface area contributed by atoms with Crippen molar-refractivity contribution in [3.8, 4) is 5.75 Å². The molecule has 0 aliphatic carbocycles. The normalized spacial score (nSPS) is 20.3. The zero-order valence-electron chi connectivity index (χ0n) is 15.0. The number of carboxylic acids is 1. The average molecular weight is 349 g/mol. The van der Waals surface area contributed by atoms with E-state index in [-0.39, 0.29) is 19.1 Å². The van der Waals surface area contributed by atoms with Crippen LogP contribution < -0.4 is 4.74 Å². The van der Waals surface area contributed by atoms with Crippen LogP contribution in [0.5, 0.6) is 5.75 Å². The fourth-order valence-corrected chi connectivity index (χ4v) is 3.25. The lowest BCUT2D eigenvalue weighted by Gasteiger charge is -2.39. The monoisotopic (exact) mass is 349 g/mol. The summed E-state index contributed by atoms with van der Waals surface area (Å²) in [4.78, 5) is 25.7. The van der Waals surface area contributed by atoms with Crippen molar-refractivity contribution in [1.29, 1.82) is 0 Å². The minimum absolute atomic E-state index is 0.0192. The lowest BCUT2D eigenvalue weighted by atomic mass is 9.80. The molecule has 1 amide bonds. The standard InChI is InChI=1S/C19H27NO5/c1-15-6-3-7-16(12-15)25-11-4-8-17(21)20-10-5-9-19(13-20,14-24-2)18(22)23/h3,6-7,12H,4-5,8-11,13-14H2,1-2H3,(H,22,23). The van der Waals surface area contributed by atoms with Crippen molar-refractivity contribution in [2.45, 2.75) is 32.6 Å². The van der Waals surface area contributed by atoms with E-state index in [1.165, 1.54) is 7.11 Å². The highest BCUT2D eigenvalue weighted by atomic mass is 16.5. The van der Waals surface area contributed by atoms with Crippen LogP contribution in [0.25, 0.3) is 0 Å². The molecule has 6 heteroatoms. The van der Waals surface area contributed by atoms with Gasteiger partial charge in [0.25, 0.3) is 0 Å². The Labute approximate surface area is 148 Å². The summed E-state index contributed by atoms with van der Waals surface area (Å²) in [6.07, 6.45) is 2.18. The molecule has 0 spiro atoms. The highest BCUT2D eigenvalue weighted by Crippen LogP contribution is 2.31. The summed E-state index contributed by atoms with van der Waals surface area (Å²) < 4.78 is 10.7. The quantitative estimate of drug-likeness (QED) is 0.730. The maximum absolute atomic E-state index is 12.4. The Morgan fingerprint density at radius 1 is 1.36 bits per heavy atom. The van der Waals surface area contributed by atoms with E-state index in [1.54, 1.807) is 4.90 Å². The summed E-state index contributed by atoms with van der Waals surface area (Å²) in [7, 11) is 1.49. The number of likely N-dealkylation sites (tertiary alicyclic amines) is 1. The molecule has 1 fully saturated rings. The molecule has 25 heavy (non-hydrogen) atoms. The lowest BCUT2D eigenvalue weighted by Crippen LogP contribution is -2.52. The van der Waals surface area contributed by atoms with Gasteiger partial charge < -0.3 is 19.5 Å². The van der Waals surface area contributed by atoms with E-state index >= 15 is 0 Å². The summed E-state index contributed by atoms with van der Waals surface area (Å²) in [5, 5.41) is 9.54. The van der Waals surface area contributed by atoms with Gasteiger partial charge in [-0.2, -0.15) is 0 Å². The second-order valence-electron chi connectivity index (χ2n) is 6.71. The smallest absolute Gasteiger partial charge is 0.313 e. The Morgan fingerprint density at radius 3 is 2.84 bits per heavy atom. The number of hydrogen-bond acceptors (Lipinski definition) is 4. The van der Waals surface area contributed by atoms with Crippen LogP contribution in [0.15, 0.2) is 24.3 Å². The number of nitrogens with zero attached hydrogens (tertiary/aromatic N) is 1. The third-order valence-electron chi connectivity index (χ3n) is 4.60. The molecular formula is C19H27NO5. The number of hydrogen-bond donors (Lipinski definition) is 1. The summed E-state index contributed by atoms with van der Waals surface area (Å²) in [5.41, 5.74) is 0.144. The van der Waals surface area contributed by atoms with Gasteiger partial charge in [-0.15, -0.1) is 0 Å². The second kappa shape index (κ2) is 8.85. The van der Waals surface area contributed by atoms with Crippen LogP contribution in [0.4, 0.5) is 0 Å². The molecular weight excluding hydrogens is 322 g/mol. The number of carboxylic acid groups (broad SMARTS) is 1. The van der Waals surface area contributed by atoms with Crippen molar-refractivity contribution in [3.63, 3.8) is 0 Å². The molecule has 1 heterocycles. The number of piperidine rings is 1. The van der Waals surface area contributed by atoms with E-state index in [1.807, 2.05) is 31.2 Å². The first-order chi connectivity index (χ1) is 12.0. The lowest BCUT2D eigenvalue weighted by molar-refractivity contribution is -0.159. The number of ether oxygens (including phenoxy) is 2. The van der Waals surface area contributed by atoms with Gasteiger partial charge in [0, 0.05) is 26.6 Å². The van der Waals surface area contributed by atoms with Crippen LogP contribution in [0.3, 0.4) is 0 Å². The summed E-state index contributed by atoms with van der Waals surface area (Å²) in [6.45, 7) is 3.42. The SMILES string of the molecule is COCC1(C(=O)O)CCCN(C(=O)CCCOc2cccc(C)c2)C1. The van der Waals surface area contributed by atoms with Gasteiger partial charge in [0.1, 0.15) is 11.2 Å². The van der Waals surface area contributed by atoms with Crippen molar-refractivity contribution in [2.24, 2.45) is 5.41 Å². The highest BCUT2D eigenvalue weighted by Gasteiger charge is 2.43. The number of aryl methyl sites for hydroxylation is 1. The molecule has 1 unspecified atom stereocenters. The maximum atomic E-state index is 12.4. The van der Waals surface area contributed by atoms with E-state index in [2.05, 4.69) is 0 Å². The molecule has 6 nitrogen and oxygen atoms in total. The Kier molecular flexibility index (Phi) is 6.82. The zero-order valence-corrected chi connectivity index (χ0v) is 15.0. The topological polar surface area (TPSA) is 76.1 Å². The summed E-state index contributed by atoms with van der Waals surface area (Å²) in [6, 6.07) is 7.79. The fourth-order valence-electron chi connectivity index (χ4n) is 3.25. The largest absolute Gasteiger partial charge is 0.494 e. The van der Waals surface area contributed by atoms with Crippen LogP contribution in [-0.2, 0) is 14.3 Å². The third-order valence-corrected chi connectivity index (χ3v) is 4.60. The molecule has 2 rings (SSSR count). The molecule has 0 saturated carbocycles. The Hall–Kier alpha value is -2.08. The van der Waals surface area contributed by atoms with E-state index in [4.69, 9.17) is 9.47 Å². The number of benzene rings is 1. The van der Waals surface area contributed by atoms with E-state index in [0.29, 0.717) is 38.8 Å². The molecule has 1 aliphatic rings. The van der Waals surface area contributed by atoms with E-state index in [0.717, 1.165) is 11.3 Å². The van der Waals surface area contributed by atoms with Crippen LogP contribution >= 0.6 is 0 Å². The minimum atomic E-state index is -0.985.